The number of carbonyl (C=O) groups is 2. The van der Waals surface area contributed by atoms with Crippen molar-refractivity contribution in [1.82, 2.24) is 9.55 Å². The Kier molecular flexibility index (Phi) is 6.81. The first-order valence-corrected chi connectivity index (χ1v) is 11.7. The number of fused-ring (bicyclic) bond motifs is 1. The Morgan fingerprint density at radius 1 is 1.18 bits per heavy atom. The van der Waals surface area contributed by atoms with Gasteiger partial charge in [-0.3, -0.25) is 14.2 Å². The van der Waals surface area contributed by atoms with Crippen molar-refractivity contribution in [2.75, 3.05) is 5.32 Å². The van der Waals surface area contributed by atoms with Crippen molar-refractivity contribution in [1.29, 1.82) is 0 Å². The Bertz CT molecular complexity index is 1450. The maximum absolute atomic E-state index is 13.2. The van der Waals surface area contributed by atoms with Gasteiger partial charge in [0.15, 0.2) is 0 Å². The van der Waals surface area contributed by atoms with Crippen molar-refractivity contribution in [2.45, 2.75) is 33.4 Å². The first-order valence-electron chi connectivity index (χ1n) is 10.5. The van der Waals surface area contributed by atoms with E-state index in [1.807, 2.05) is 37.3 Å². The fourth-order valence-corrected chi connectivity index (χ4v) is 4.65. The number of halogens is 1. The average Bonchev–Trinajstić information content (AvgIpc) is 3.17. The molecule has 1 N–H and O–H groups in total. The molecule has 1 atom stereocenters. The van der Waals surface area contributed by atoms with Crippen LogP contribution in [0.1, 0.15) is 39.3 Å². The average molecular weight is 496 g/mol. The molecular formula is C25H22ClN3O4S. The van der Waals surface area contributed by atoms with Gasteiger partial charge in [0.25, 0.3) is 5.56 Å². The zero-order chi connectivity index (χ0) is 24.4. The second-order valence-electron chi connectivity index (χ2n) is 7.88. The van der Waals surface area contributed by atoms with E-state index in [1.165, 1.54) is 10.9 Å². The molecule has 0 radical (unpaired) electrons. The Balaban J connectivity index is 1.57. The summed E-state index contributed by atoms with van der Waals surface area (Å²) < 4.78 is 6.68. The molecule has 4 rings (SSSR count). The number of aromatic nitrogens is 2. The number of hydrogen-bond donors (Lipinski definition) is 1. The Morgan fingerprint density at radius 3 is 2.62 bits per heavy atom. The predicted octanol–water partition coefficient (Wildman–Crippen LogP) is 5.28. The van der Waals surface area contributed by atoms with Crippen molar-refractivity contribution in [3.05, 3.63) is 91.8 Å². The largest absolute Gasteiger partial charge is 0.457 e. The number of aryl methyl sites for hydroxylation is 2. The number of anilines is 1. The fraction of sp³-hybridized carbons (Fsp3) is 0.200. The summed E-state index contributed by atoms with van der Waals surface area (Å²) >= 11 is 7.24. The number of amides is 1. The van der Waals surface area contributed by atoms with Crippen LogP contribution in [-0.2, 0) is 16.1 Å². The highest BCUT2D eigenvalue weighted by Crippen LogP contribution is 2.28. The number of benzene rings is 2. The molecule has 1 amide bonds. The minimum Gasteiger partial charge on any atom is -0.457 e. The van der Waals surface area contributed by atoms with E-state index in [-0.39, 0.29) is 6.61 Å². The molecule has 4 aromatic rings. The summed E-state index contributed by atoms with van der Waals surface area (Å²) in [7, 11) is 0. The smallest absolute Gasteiger partial charge is 0.349 e. The highest BCUT2D eigenvalue weighted by atomic mass is 35.5. The van der Waals surface area contributed by atoms with Crippen LogP contribution in [0.3, 0.4) is 0 Å². The van der Waals surface area contributed by atoms with E-state index < -0.39 is 23.5 Å². The van der Waals surface area contributed by atoms with Crippen molar-refractivity contribution in [2.24, 2.45) is 0 Å². The molecule has 34 heavy (non-hydrogen) atoms. The van der Waals surface area contributed by atoms with Crippen LogP contribution < -0.4 is 10.9 Å². The topological polar surface area (TPSA) is 90.3 Å². The number of esters is 1. The number of nitrogens with zero attached hydrogens (tertiary/aromatic N) is 2. The molecule has 0 aliphatic heterocycles. The van der Waals surface area contributed by atoms with Gasteiger partial charge in [0, 0.05) is 10.7 Å². The fourth-order valence-electron chi connectivity index (χ4n) is 3.44. The zero-order valence-corrected chi connectivity index (χ0v) is 20.4. The second-order valence-corrected chi connectivity index (χ2v) is 9.29. The molecule has 9 heteroatoms. The van der Waals surface area contributed by atoms with Crippen molar-refractivity contribution in [3.63, 3.8) is 0 Å². The second kappa shape index (κ2) is 9.79. The van der Waals surface area contributed by atoms with Crippen LogP contribution in [0.25, 0.3) is 10.2 Å². The van der Waals surface area contributed by atoms with Gasteiger partial charge < -0.3 is 10.1 Å². The van der Waals surface area contributed by atoms with Gasteiger partial charge in [0.05, 0.1) is 11.7 Å². The molecule has 0 aliphatic carbocycles. The normalized spacial score (nSPS) is 11.9. The van der Waals surface area contributed by atoms with Crippen LogP contribution in [0, 0.1) is 13.8 Å². The van der Waals surface area contributed by atoms with E-state index in [9.17, 15) is 14.4 Å². The summed E-state index contributed by atoms with van der Waals surface area (Å²) in [5, 5.41) is 3.61. The SMILES string of the molecule is Cc1ccc(NC(=O)C(C)n2cnc3sc(C(=O)OCc4ccccc4)c(C)c3c2=O)cc1Cl. The molecule has 0 fully saturated rings. The molecular weight excluding hydrogens is 474 g/mol. The van der Waals surface area contributed by atoms with Gasteiger partial charge in [-0.15, -0.1) is 11.3 Å². The first-order chi connectivity index (χ1) is 16.3. The molecule has 2 heterocycles. The Hall–Kier alpha value is -3.49. The Labute approximate surface area is 205 Å². The zero-order valence-electron chi connectivity index (χ0n) is 18.8. The van der Waals surface area contributed by atoms with Crippen LogP contribution in [0.2, 0.25) is 5.02 Å². The third-order valence-corrected chi connectivity index (χ3v) is 7.10. The quantitative estimate of drug-likeness (QED) is 0.367. The molecule has 2 aromatic carbocycles. The predicted molar refractivity (Wildman–Crippen MR) is 134 cm³/mol. The number of thiophene rings is 1. The van der Waals surface area contributed by atoms with Gasteiger partial charge in [-0.1, -0.05) is 48.0 Å². The summed E-state index contributed by atoms with van der Waals surface area (Å²) in [6.45, 7) is 5.29. The van der Waals surface area contributed by atoms with Crippen molar-refractivity contribution >= 4 is 50.7 Å². The molecule has 2 aromatic heterocycles. The van der Waals surface area contributed by atoms with Gasteiger partial charge in [0.2, 0.25) is 5.91 Å². The van der Waals surface area contributed by atoms with Crippen LogP contribution >= 0.6 is 22.9 Å². The van der Waals surface area contributed by atoms with Gasteiger partial charge in [-0.2, -0.15) is 0 Å². The Morgan fingerprint density at radius 2 is 1.91 bits per heavy atom. The molecule has 0 spiro atoms. The van der Waals surface area contributed by atoms with Gasteiger partial charge in [-0.25, -0.2) is 9.78 Å². The van der Waals surface area contributed by atoms with Crippen molar-refractivity contribution in [3.8, 4) is 0 Å². The number of hydrogen-bond acceptors (Lipinski definition) is 6. The van der Waals surface area contributed by atoms with E-state index in [0.29, 0.717) is 31.4 Å². The van der Waals surface area contributed by atoms with Crippen LogP contribution in [0.4, 0.5) is 5.69 Å². The maximum Gasteiger partial charge on any atom is 0.349 e. The van der Waals surface area contributed by atoms with E-state index in [0.717, 1.165) is 22.5 Å². The van der Waals surface area contributed by atoms with Gasteiger partial charge >= 0.3 is 5.97 Å². The summed E-state index contributed by atoms with van der Waals surface area (Å²) in [4.78, 5) is 43.8. The van der Waals surface area contributed by atoms with Crippen molar-refractivity contribution < 1.29 is 14.3 Å². The lowest BCUT2D eigenvalue weighted by molar-refractivity contribution is -0.118. The summed E-state index contributed by atoms with van der Waals surface area (Å²) in [6.07, 6.45) is 1.33. The minimum absolute atomic E-state index is 0.130. The number of ether oxygens (including phenoxy) is 1. The van der Waals surface area contributed by atoms with E-state index in [2.05, 4.69) is 10.3 Å². The molecule has 7 nitrogen and oxygen atoms in total. The van der Waals surface area contributed by atoms with Crippen LogP contribution in [0.5, 0.6) is 0 Å². The lowest BCUT2D eigenvalue weighted by Crippen LogP contribution is -2.31. The molecule has 0 bridgehead atoms. The lowest BCUT2D eigenvalue weighted by Gasteiger charge is -2.15. The van der Waals surface area contributed by atoms with E-state index >= 15 is 0 Å². The molecule has 0 saturated carbocycles. The summed E-state index contributed by atoms with van der Waals surface area (Å²) in [5.74, 6) is -0.907. The van der Waals surface area contributed by atoms with Crippen LogP contribution in [-0.4, -0.2) is 21.4 Å². The summed E-state index contributed by atoms with van der Waals surface area (Å²) in [6, 6.07) is 13.7. The third-order valence-electron chi connectivity index (χ3n) is 5.51. The molecule has 174 valence electrons. The highest BCUT2D eigenvalue weighted by Gasteiger charge is 2.24. The first kappa shape index (κ1) is 23.7. The van der Waals surface area contributed by atoms with Gasteiger partial charge in [0.1, 0.15) is 22.4 Å². The van der Waals surface area contributed by atoms with Crippen LogP contribution in [0.15, 0.2) is 59.7 Å². The van der Waals surface area contributed by atoms with E-state index in [4.69, 9.17) is 16.3 Å². The number of rotatable bonds is 6. The number of carbonyl (C=O) groups excluding carboxylic acids is 2. The third kappa shape index (κ3) is 4.73. The molecule has 0 aliphatic rings. The molecule has 0 saturated heterocycles. The minimum atomic E-state index is -0.836. The number of nitrogens with one attached hydrogen (secondary N) is 1. The van der Waals surface area contributed by atoms with E-state index in [1.54, 1.807) is 32.0 Å². The highest BCUT2D eigenvalue weighted by molar-refractivity contribution is 7.20. The maximum atomic E-state index is 13.2. The lowest BCUT2D eigenvalue weighted by atomic mass is 10.2. The standard InChI is InChI=1S/C25H22ClN3O4S/c1-14-9-10-18(11-19(14)26)28-22(30)16(3)29-13-27-23-20(24(29)31)15(2)21(34-23)25(32)33-12-17-7-5-4-6-8-17/h4-11,13,16H,12H2,1-3H3,(H,28,30). The summed E-state index contributed by atoms with van der Waals surface area (Å²) in [5.41, 5.74) is 2.38. The van der Waals surface area contributed by atoms with Gasteiger partial charge in [-0.05, 0) is 49.6 Å². The monoisotopic (exact) mass is 495 g/mol. The molecule has 1 unspecified atom stereocenters.